The molecule has 6 heteroatoms. The number of para-hydroxylation sites is 6. The quantitative estimate of drug-likeness (QED) is 0.131. The molecule has 0 saturated carbocycles. The van der Waals surface area contributed by atoms with Crippen molar-refractivity contribution in [1.29, 1.82) is 0 Å². The van der Waals surface area contributed by atoms with Gasteiger partial charge in [-0.25, -0.2) is 0 Å². The van der Waals surface area contributed by atoms with Crippen molar-refractivity contribution < 1.29 is 0 Å². The van der Waals surface area contributed by atoms with E-state index in [4.69, 9.17) is 0 Å². The highest BCUT2D eigenvalue weighted by Gasteiger charge is 2.26. The lowest BCUT2D eigenvalue weighted by Gasteiger charge is -2.11. The number of aromatic nitrogens is 6. The SMILES string of the molecule is c1ccc(-c2ccc(-n3c4ccc(-c5ccc6c(c5)c5ccccc5n6-c5ccc6ccccc6c5)cc4c4c3ccc3c5ccccc5n(-c5ccccc5)c34)cc2)cc1.c1ccc(-c2ccc(-n3c4ccc(-c5ccc6c(c5)c5ccccc5n6-c5ccc6ccccc6c5)cc4c4c5c6ccccc6n(-c6ccccc6)c5ccc43)cc2)cc1. The summed E-state index contributed by atoms with van der Waals surface area (Å²) in [6.07, 6.45) is 0. The maximum Gasteiger partial charge on any atom is 0.0641 e. The maximum absolute atomic E-state index is 2.47. The lowest BCUT2D eigenvalue weighted by Crippen LogP contribution is -1.95. The van der Waals surface area contributed by atoms with E-state index in [9.17, 15) is 0 Å². The van der Waals surface area contributed by atoms with Crippen LogP contribution < -0.4 is 0 Å². The van der Waals surface area contributed by atoms with Crippen LogP contribution in [-0.2, 0) is 0 Å². The van der Waals surface area contributed by atoms with Gasteiger partial charge in [0.15, 0.2) is 0 Å². The smallest absolute Gasteiger partial charge is 0.0641 e. The van der Waals surface area contributed by atoms with Crippen molar-refractivity contribution in [3.05, 3.63) is 449 Å². The van der Waals surface area contributed by atoms with E-state index in [1.54, 1.807) is 0 Å². The Balaban J connectivity index is 0.000000134. The van der Waals surface area contributed by atoms with Gasteiger partial charge in [-0.05, 0) is 230 Å². The molecule has 0 aliphatic rings. The van der Waals surface area contributed by atoms with Crippen LogP contribution in [0.4, 0.5) is 0 Å². The van der Waals surface area contributed by atoms with Crippen molar-refractivity contribution >= 4 is 152 Å². The average Bonchev–Trinajstić information content (AvgIpc) is 1.55. The third-order valence-corrected chi connectivity index (χ3v) is 25.6. The summed E-state index contributed by atoms with van der Waals surface area (Å²) in [4.78, 5) is 0. The molecule has 0 amide bonds. The normalized spacial score (nSPS) is 11.9. The van der Waals surface area contributed by atoms with E-state index in [2.05, 4.69) is 476 Å². The Morgan fingerprint density at radius 3 is 0.828 bits per heavy atom. The second-order valence-electron chi connectivity index (χ2n) is 32.3. The zero-order valence-corrected chi connectivity index (χ0v) is 66.4. The fraction of sp³-hybridized carbons (Fsp3) is 0. The van der Waals surface area contributed by atoms with Gasteiger partial charge in [0, 0.05) is 98.8 Å². The predicted octanol–water partition coefficient (Wildman–Crippen LogP) is 30.9. The molecular weight excluding hydrogens is 1480 g/mol. The molecule has 6 nitrogen and oxygen atoms in total. The standard InChI is InChI=1S/2C58H37N3/c1-3-13-38(14-4-1)40-23-28-45(29-24-40)59-55-33-27-43(37-51(55)57-56(59)34-31-49-47-19-9-12-22-53(47)61(58(49)57)44-17-5-2-6-18-44)42-26-32-54-50(36-42)48-20-10-11-21-52(48)60(54)46-30-25-39-15-7-8-16-41(39)35-46;1-3-13-38(14-4-1)40-23-28-45(29-24-40)60-54-32-27-43(37-50(54)58-56(60)34-33-55-57(58)48-20-10-12-22-52(48)59(55)44-17-5-2-6-18-44)42-26-31-53-49(36-42)47-19-9-11-21-51(47)61(53)46-30-25-39-15-7-8-16-41(39)35-46/h2*1-37H. The molecule has 0 bridgehead atoms. The van der Waals surface area contributed by atoms with Gasteiger partial charge in [0.1, 0.15) is 0 Å². The Morgan fingerprint density at radius 2 is 0.377 bits per heavy atom. The molecule has 0 atom stereocenters. The molecule has 0 unspecified atom stereocenters. The average molecular weight is 1550 g/mol. The fourth-order valence-corrected chi connectivity index (χ4v) is 20.1. The lowest BCUT2D eigenvalue weighted by atomic mass is 9.99. The van der Waals surface area contributed by atoms with Crippen molar-refractivity contribution in [3.63, 3.8) is 0 Å². The van der Waals surface area contributed by atoms with Crippen LogP contribution in [0, 0.1) is 0 Å². The molecule has 568 valence electrons. The van der Waals surface area contributed by atoms with Gasteiger partial charge in [0.05, 0.1) is 66.2 Å². The van der Waals surface area contributed by atoms with Crippen molar-refractivity contribution in [2.24, 2.45) is 0 Å². The Morgan fingerprint density at radius 1 is 0.115 bits per heavy atom. The highest BCUT2D eigenvalue weighted by molar-refractivity contribution is 6.30. The zero-order valence-electron chi connectivity index (χ0n) is 66.4. The van der Waals surface area contributed by atoms with E-state index in [0.717, 1.165) is 22.7 Å². The van der Waals surface area contributed by atoms with E-state index in [1.165, 1.54) is 208 Å². The Labute approximate surface area is 702 Å². The second-order valence-corrected chi connectivity index (χ2v) is 32.3. The van der Waals surface area contributed by atoms with Crippen molar-refractivity contribution in [2.45, 2.75) is 0 Å². The van der Waals surface area contributed by atoms with Gasteiger partial charge in [-0.2, -0.15) is 0 Å². The van der Waals surface area contributed by atoms with Crippen LogP contribution in [-0.4, -0.2) is 27.4 Å². The van der Waals surface area contributed by atoms with Crippen molar-refractivity contribution in [2.75, 3.05) is 0 Å². The van der Waals surface area contributed by atoms with Crippen LogP contribution in [0.5, 0.6) is 0 Å². The molecule has 6 heterocycles. The van der Waals surface area contributed by atoms with E-state index in [0.29, 0.717) is 0 Å². The van der Waals surface area contributed by atoms with E-state index < -0.39 is 0 Å². The molecule has 0 radical (unpaired) electrons. The highest BCUT2D eigenvalue weighted by Crippen LogP contribution is 2.48. The maximum atomic E-state index is 2.47. The first-order valence-corrected chi connectivity index (χ1v) is 42.0. The Bertz CT molecular complexity index is 8710. The Kier molecular flexibility index (Phi) is 15.6. The number of nitrogens with zero attached hydrogens (tertiary/aromatic N) is 6. The lowest BCUT2D eigenvalue weighted by molar-refractivity contribution is 1.17. The summed E-state index contributed by atoms with van der Waals surface area (Å²) in [6.45, 7) is 0. The zero-order chi connectivity index (χ0) is 80.0. The van der Waals surface area contributed by atoms with Crippen LogP contribution in [0.15, 0.2) is 449 Å². The van der Waals surface area contributed by atoms with Gasteiger partial charge in [-0.3, -0.25) is 0 Å². The van der Waals surface area contributed by atoms with Crippen LogP contribution in [0.25, 0.3) is 231 Å². The highest BCUT2D eigenvalue weighted by atomic mass is 15.0. The van der Waals surface area contributed by atoms with Gasteiger partial charge >= 0.3 is 0 Å². The molecule has 20 aromatic carbocycles. The predicted molar refractivity (Wildman–Crippen MR) is 516 cm³/mol. The molecule has 0 aliphatic heterocycles. The van der Waals surface area contributed by atoms with E-state index >= 15 is 0 Å². The topological polar surface area (TPSA) is 29.6 Å². The largest absolute Gasteiger partial charge is 0.309 e. The van der Waals surface area contributed by atoms with Gasteiger partial charge in [0.25, 0.3) is 0 Å². The van der Waals surface area contributed by atoms with Crippen LogP contribution >= 0.6 is 0 Å². The molecule has 0 spiro atoms. The van der Waals surface area contributed by atoms with Crippen LogP contribution in [0.3, 0.4) is 0 Å². The molecule has 122 heavy (non-hydrogen) atoms. The summed E-state index contributed by atoms with van der Waals surface area (Å²) in [5.41, 5.74) is 30.9. The van der Waals surface area contributed by atoms with Crippen LogP contribution in [0.1, 0.15) is 0 Å². The van der Waals surface area contributed by atoms with Crippen LogP contribution in [0.2, 0.25) is 0 Å². The molecule has 26 rings (SSSR count). The first-order valence-electron chi connectivity index (χ1n) is 42.0. The summed E-state index contributed by atoms with van der Waals surface area (Å²) < 4.78 is 14.6. The Hall–Kier alpha value is -16.3. The second kappa shape index (κ2) is 27.7. The number of fused-ring (bicyclic) bond motifs is 22. The van der Waals surface area contributed by atoms with Gasteiger partial charge in [-0.1, -0.05) is 285 Å². The summed E-state index contributed by atoms with van der Waals surface area (Å²) >= 11 is 0. The fourth-order valence-electron chi connectivity index (χ4n) is 20.1. The third kappa shape index (κ3) is 10.8. The molecular formula is C116H74N6. The van der Waals surface area contributed by atoms with Gasteiger partial charge in [0.2, 0.25) is 0 Å². The number of hydrogen-bond acceptors (Lipinski definition) is 0. The van der Waals surface area contributed by atoms with E-state index in [1.807, 2.05) is 0 Å². The molecule has 0 saturated heterocycles. The number of hydrogen-bond donors (Lipinski definition) is 0. The number of benzene rings is 20. The van der Waals surface area contributed by atoms with Crippen molar-refractivity contribution in [3.8, 4) is 78.6 Å². The van der Waals surface area contributed by atoms with E-state index in [-0.39, 0.29) is 0 Å². The molecule has 0 aliphatic carbocycles. The molecule has 6 aromatic heterocycles. The molecule has 26 aromatic rings. The third-order valence-electron chi connectivity index (χ3n) is 25.6. The minimum atomic E-state index is 1.14. The minimum absolute atomic E-state index is 1.14. The summed E-state index contributed by atoms with van der Waals surface area (Å²) in [7, 11) is 0. The minimum Gasteiger partial charge on any atom is -0.309 e. The first-order chi connectivity index (χ1) is 60.5. The summed E-state index contributed by atoms with van der Waals surface area (Å²) in [6, 6.07) is 164. The molecule has 0 N–H and O–H groups in total. The monoisotopic (exact) mass is 1550 g/mol. The van der Waals surface area contributed by atoms with Gasteiger partial charge in [-0.15, -0.1) is 0 Å². The summed E-state index contributed by atoms with van der Waals surface area (Å²) in [5, 5.41) is 20.0. The van der Waals surface area contributed by atoms with Gasteiger partial charge < -0.3 is 27.4 Å². The molecule has 0 fully saturated rings. The first kappa shape index (κ1) is 68.9. The number of rotatable bonds is 10. The van der Waals surface area contributed by atoms with Crippen molar-refractivity contribution in [1.82, 2.24) is 27.4 Å². The summed E-state index contributed by atoms with van der Waals surface area (Å²) in [5.74, 6) is 0.